The summed E-state index contributed by atoms with van der Waals surface area (Å²) in [6.07, 6.45) is 0.742. The van der Waals surface area contributed by atoms with Gasteiger partial charge < -0.3 is 10.6 Å². The van der Waals surface area contributed by atoms with Crippen molar-refractivity contribution in [2.75, 3.05) is 23.7 Å². The van der Waals surface area contributed by atoms with Crippen LogP contribution in [0, 0.1) is 5.82 Å². The van der Waals surface area contributed by atoms with Crippen LogP contribution in [0.2, 0.25) is 0 Å². The molecule has 2 aromatic carbocycles. The Kier molecular flexibility index (Phi) is 6.53. The van der Waals surface area contributed by atoms with Crippen LogP contribution in [0.3, 0.4) is 0 Å². The zero-order chi connectivity index (χ0) is 28.0. The molecular formula is C29H26F4N6O. The largest absolute Gasteiger partial charge is 0.419 e. The van der Waals surface area contributed by atoms with E-state index in [1.165, 1.54) is 6.07 Å². The van der Waals surface area contributed by atoms with Crippen molar-refractivity contribution < 1.29 is 22.4 Å². The van der Waals surface area contributed by atoms with Gasteiger partial charge in [-0.2, -0.15) is 18.3 Å². The second-order valence-electron chi connectivity index (χ2n) is 10.1. The second kappa shape index (κ2) is 10.1. The predicted molar refractivity (Wildman–Crippen MR) is 143 cm³/mol. The highest BCUT2D eigenvalue weighted by Gasteiger charge is 2.37. The van der Waals surface area contributed by atoms with E-state index in [4.69, 9.17) is 5.10 Å². The maximum atomic E-state index is 14.8. The molecule has 7 nitrogen and oxygen atoms in total. The first-order valence-corrected chi connectivity index (χ1v) is 13.0. The minimum absolute atomic E-state index is 0.179. The van der Waals surface area contributed by atoms with Crippen molar-refractivity contribution in [2.45, 2.75) is 38.5 Å². The number of pyridine rings is 1. The standard InChI is InChI=1S/C29H26F4N6O/c1-17-26(28(40)36-21-6-4-20-15-34-9-8-18(20)12-21)27(19-5-7-23(24(30)13-19)29(31,32)33)39-25(35-17)14-22(37-39)16-38-10-2-3-11-38/h4-9,12-15,27,35H,2-3,10-11,16H2,1H3,(H,36,40). The van der Waals surface area contributed by atoms with Gasteiger partial charge in [0.2, 0.25) is 0 Å². The van der Waals surface area contributed by atoms with Crippen LogP contribution in [0.5, 0.6) is 0 Å². The van der Waals surface area contributed by atoms with Crippen molar-refractivity contribution in [3.05, 3.63) is 94.8 Å². The number of hydrogen-bond acceptors (Lipinski definition) is 5. The van der Waals surface area contributed by atoms with Crippen LogP contribution >= 0.6 is 0 Å². The molecule has 6 rings (SSSR count). The third-order valence-electron chi connectivity index (χ3n) is 7.37. The molecule has 2 aromatic heterocycles. The molecule has 40 heavy (non-hydrogen) atoms. The van der Waals surface area contributed by atoms with E-state index in [1.807, 2.05) is 18.2 Å². The third-order valence-corrected chi connectivity index (χ3v) is 7.37. The minimum atomic E-state index is -4.84. The van der Waals surface area contributed by atoms with Gasteiger partial charge in [-0.1, -0.05) is 12.1 Å². The Balaban J connectivity index is 1.40. The fourth-order valence-electron chi connectivity index (χ4n) is 5.46. The van der Waals surface area contributed by atoms with Crippen molar-refractivity contribution in [1.82, 2.24) is 19.7 Å². The lowest BCUT2D eigenvalue weighted by molar-refractivity contribution is -0.140. The number of halogens is 4. The number of allylic oxidation sites excluding steroid dienone is 1. The Bertz CT molecular complexity index is 1640. The fraction of sp³-hybridized carbons (Fsp3) is 0.276. The van der Waals surface area contributed by atoms with E-state index in [9.17, 15) is 22.4 Å². The highest BCUT2D eigenvalue weighted by molar-refractivity contribution is 6.06. The van der Waals surface area contributed by atoms with Gasteiger partial charge in [0, 0.05) is 41.8 Å². The molecule has 0 saturated carbocycles. The number of aromatic nitrogens is 3. The van der Waals surface area contributed by atoms with Crippen LogP contribution in [0.4, 0.5) is 29.1 Å². The van der Waals surface area contributed by atoms with E-state index in [2.05, 4.69) is 20.5 Å². The second-order valence-corrected chi connectivity index (χ2v) is 10.1. The number of benzene rings is 2. The van der Waals surface area contributed by atoms with Gasteiger partial charge in [-0.15, -0.1) is 0 Å². The van der Waals surface area contributed by atoms with E-state index >= 15 is 0 Å². The average molecular weight is 551 g/mol. The van der Waals surface area contributed by atoms with Crippen molar-refractivity contribution in [3.8, 4) is 0 Å². The summed E-state index contributed by atoms with van der Waals surface area (Å²) in [5.41, 5.74) is 0.808. The first-order valence-electron chi connectivity index (χ1n) is 13.0. The zero-order valence-corrected chi connectivity index (χ0v) is 21.6. The Morgan fingerprint density at radius 3 is 2.62 bits per heavy atom. The number of carbonyl (C=O) groups excluding carboxylic acids is 1. The number of nitrogens with zero attached hydrogens (tertiary/aromatic N) is 4. The lowest BCUT2D eigenvalue weighted by Gasteiger charge is -2.30. The quantitative estimate of drug-likeness (QED) is 0.293. The van der Waals surface area contributed by atoms with E-state index in [0.29, 0.717) is 29.8 Å². The van der Waals surface area contributed by atoms with Gasteiger partial charge in [-0.05, 0) is 74.1 Å². The number of nitrogens with one attached hydrogen (secondary N) is 2. The molecule has 206 valence electrons. The van der Waals surface area contributed by atoms with Crippen LogP contribution < -0.4 is 10.6 Å². The Labute approximate surface area is 227 Å². The molecule has 11 heteroatoms. The number of anilines is 2. The molecule has 4 heterocycles. The number of fused-ring (bicyclic) bond motifs is 2. The van der Waals surface area contributed by atoms with E-state index in [-0.39, 0.29) is 11.1 Å². The number of hydrogen-bond donors (Lipinski definition) is 2. The fourth-order valence-corrected chi connectivity index (χ4v) is 5.46. The first-order chi connectivity index (χ1) is 19.2. The van der Waals surface area contributed by atoms with E-state index < -0.39 is 29.5 Å². The topological polar surface area (TPSA) is 75.1 Å². The normalized spacial score (nSPS) is 17.7. The highest BCUT2D eigenvalue weighted by Crippen LogP contribution is 2.39. The zero-order valence-electron chi connectivity index (χ0n) is 21.6. The SMILES string of the molecule is CC1=C(C(=O)Nc2ccc3cnccc3c2)C(c2ccc(C(F)(F)F)c(F)c2)n2nc(CN3CCCC3)cc2N1. The monoisotopic (exact) mass is 550 g/mol. The number of carbonyl (C=O) groups is 1. The summed E-state index contributed by atoms with van der Waals surface area (Å²) >= 11 is 0. The molecule has 2 aliphatic heterocycles. The summed E-state index contributed by atoms with van der Waals surface area (Å²) in [5.74, 6) is -1.31. The van der Waals surface area contributed by atoms with Gasteiger partial charge >= 0.3 is 6.18 Å². The van der Waals surface area contributed by atoms with Crippen molar-refractivity contribution in [3.63, 3.8) is 0 Å². The summed E-state index contributed by atoms with van der Waals surface area (Å²) in [6, 6.07) is 10.9. The number of likely N-dealkylation sites (tertiary alicyclic amines) is 1. The molecule has 2 N–H and O–H groups in total. The molecule has 0 radical (unpaired) electrons. The molecule has 0 aliphatic carbocycles. The number of rotatable bonds is 5. The molecule has 0 spiro atoms. The lowest BCUT2D eigenvalue weighted by atomic mass is 9.93. The van der Waals surface area contributed by atoms with Gasteiger partial charge in [0.25, 0.3) is 5.91 Å². The summed E-state index contributed by atoms with van der Waals surface area (Å²) in [7, 11) is 0. The Morgan fingerprint density at radius 1 is 1.07 bits per heavy atom. The van der Waals surface area contributed by atoms with Gasteiger partial charge in [0.1, 0.15) is 17.7 Å². The highest BCUT2D eigenvalue weighted by atomic mass is 19.4. The van der Waals surface area contributed by atoms with Crippen LogP contribution in [-0.2, 0) is 17.5 Å². The summed E-state index contributed by atoms with van der Waals surface area (Å²) in [4.78, 5) is 20.1. The van der Waals surface area contributed by atoms with Gasteiger partial charge in [0.15, 0.2) is 0 Å². The maximum absolute atomic E-state index is 14.8. The molecule has 1 atom stereocenters. The number of amides is 1. The van der Waals surface area contributed by atoms with Crippen LogP contribution in [-0.4, -0.2) is 38.7 Å². The smallest absolute Gasteiger partial charge is 0.344 e. The Hall–Kier alpha value is -4.25. The average Bonchev–Trinajstić information content (AvgIpc) is 3.56. The Morgan fingerprint density at radius 2 is 1.88 bits per heavy atom. The molecule has 1 saturated heterocycles. The van der Waals surface area contributed by atoms with Crippen LogP contribution in [0.1, 0.15) is 42.6 Å². The molecule has 1 unspecified atom stereocenters. The van der Waals surface area contributed by atoms with Crippen LogP contribution in [0.15, 0.2) is 72.2 Å². The summed E-state index contributed by atoms with van der Waals surface area (Å²) in [6.45, 7) is 4.22. The van der Waals surface area contributed by atoms with Crippen molar-refractivity contribution in [1.29, 1.82) is 0 Å². The third kappa shape index (κ3) is 4.92. The van der Waals surface area contributed by atoms with E-state index in [0.717, 1.165) is 48.5 Å². The number of alkyl halides is 3. The minimum Gasteiger partial charge on any atom is -0.344 e. The summed E-state index contributed by atoms with van der Waals surface area (Å²) < 4.78 is 56.3. The lowest BCUT2D eigenvalue weighted by Crippen LogP contribution is -2.31. The van der Waals surface area contributed by atoms with Crippen molar-refractivity contribution >= 4 is 28.2 Å². The van der Waals surface area contributed by atoms with Gasteiger partial charge in [-0.3, -0.25) is 14.7 Å². The van der Waals surface area contributed by atoms with Gasteiger partial charge in [0.05, 0.1) is 16.8 Å². The molecular weight excluding hydrogens is 524 g/mol. The molecule has 0 bridgehead atoms. The molecule has 1 amide bonds. The van der Waals surface area contributed by atoms with Crippen LogP contribution in [0.25, 0.3) is 10.8 Å². The molecule has 4 aromatic rings. The van der Waals surface area contributed by atoms with Gasteiger partial charge in [-0.25, -0.2) is 9.07 Å². The van der Waals surface area contributed by atoms with Crippen molar-refractivity contribution in [2.24, 2.45) is 0 Å². The summed E-state index contributed by atoms with van der Waals surface area (Å²) in [5, 5.41) is 12.6. The maximum Gasteiger partial charge on any atom is 0.419 e. The van der Waals surface area contributed by atoms with E-state index in [1.54, 1.807) is 36.1 Å². The predicted octanol–water partition coefficient (Wildman–Crippen LogP) is 6.11. The molecule has 2 aliphatic rings. The first kappa shape index (κ1) is 26.0. The molecule has 1 fully saturated rings.